The number of carbonyl (C=O) groups excluding carboxylic acids is 1. The number of hydrogen-bond acceptors (Lipinski definition) is 8. The number of hydroxylamine groups is 2. The second-order valence-corrected chi connectivity index (χ2v) is 9.51. The van der Waals surface area contributed by atoms with Gasteiger partial charge in [-0.15, -0.1) is 5.06 Å². The van der Waals surface area contributed by atoms with Gasteiger partial charge in [0.05, 0.1) is 47.6 Å². The summed E-state index contributed by atoms with van der Waals surface area (Å²) in [6, 6.07) is -2.74. The first kappa shape index (κ1) is 27.4. The molecule has 16 heteroatoms. The molecule has 37 heavy (non-hydrogen) atoms. The van der Waals surface area contributed by atoms with Gasteiger partial charge in [0, 0.05) is 0 Å². The predicted octanol–water partition coefficient (Wildman–Crippen LogP) is 1.31. The van der Waals surface area contributed by atoms with E-state index in [1.807, 2.05) is 0 Å². The number of carbonyl (C=O) groups is 1. The maximum atomic E-state index is 13.6. The van der Waals surface area contributed by atoms with Gasteiger partial charge in [-0.05, 0) is 39.0 Å². The molecule has 10 nitrogen and oxygen atoms in total. The fourth-order valence-corrected chi connectivity index (χ4v) is 5.84. The first-order valence-corrected chi connectivity index (χ1v) is 11.1. The number of aliphatic hydroxyl groups excluding tert-OH is 1. The number of rotatable bonds is 3. The molecule has 1 spiro atoms. The summed E-state index contributed by atoms with van der Waals surface area (Å²) in [5.41, 5.74) is -8.86. The minimum atomic E-state index is -5.20. The second kappa shape index (κ2) is 8.42. The van der Waals surface area contributed by atoms with Crippen LogP contribution in [0.15, 0.2) is 18.2 Å². The number of alkyl halides is 6. The number of guanidine groups is 1. The summed E-state index contributed by atoms with van der Waals surface area (Å²) in [6.45, 7) is 3.44. The van der Waals surface area contributed by atoms with Crippen molar-refractivity contribution in [1.82, 2.24) is 20.6 Å². The second-order valence-electron chi connectivity index (χ2n) is 9.51. The molecule has 3 aliphatic heterocycles. The fraction of sp³-hybridized carbons (Fsp3) is 0.619. The molecule has 6 N–H and O–H groups in total. The van der Waals surface area contributed by atoms with Gasteiger partial charge >= 0.3 is 18.3 Å². The van der Waals surface area contributed by atoms with Crippen molar-refractivity contribution in [3.8, 4) is 0 Å². The number of hydrogen-bond donors (Lipinski definition) is 6. The molecule has 0 saturated carbocycles. The number of aliphatic hydroxyl groups is 2. The number of esters is 1. The van der Waals surface area contributed by atoms with E-state index in [1.165, 1.54) is 13.8 Å². The molecule has 0 radical (unpaired) electrons. The molecule has 3 heterocycles. The van der Waals surface area contributed by atoms with Crippen molar-refractivity contribution in [1.29, 1.82) is 5.41 Å². The monoisotopic (exact) mass is 541 g/mol. The number of halogens is 6. The van der Waals surface area contributed by atoms with Crippen molar-refractivity contribution in [2.75, 3.05) is 6.61 Å². The zero-order chi connectivity index (χ0) is 27.9. The summed E-state index contributed by atoms with van der Waals surface area (Å²) in [4.78, 5) is 14.2. The van der Waals surface area contributed by atoms with E-state index in [2.05, 4.69) is 10.6 Å². The average molecular weight is 541 g/mol. The maximum Gasteiger partial charge on any atom is 0.417 e. The third-order valence-corrected chi connectivity index (χ3v) is 7.35. The lowest BCUT2D eigenvalue weighted by Gasteiger charge is -2.54. The number of nitrogens with one attached hydrogen (secondary N) is 3. The van der Waals surface area contributed by atoms with Crippen molar-refractivity contribution in [2.45, 2.75) is 74.8 Å². The standard InChI is InChI=1S/C21H25F6N5O5/c1-8-15(37-16(34)11-6-10(20(22,23)24)4-5-12(11)21(25,26)27)18(3,35)19-14(29-9(2)32(19)36)13(7-33)30-17(28)31(8)19/h4-6,8-9,13-15,29,33,35-36H,7H2,1-3H3,(H2,28,30)/t8-,9?,13?,14?,15-,18-,19?/m0/s1. The van der Waals surface area contributed by atoms with E-state index in [4.69, 9.17) is 10.1 Å². The normalized spacial score (nSPS) is 36.3. The first-order valence-electron chi connectivity index (χ1n) is 11.1. The molecule has 7 atom stereocenters. The van der Waals surface area contributed by atoms with Crippen LogP contribution < -0.4 is 10.6 Å². The molecule has 4 rings (SSSR count). The van der Waals surface area contributed by atoms with Crippen molar-refractivity contribution in [3.05, 3.63) is 34.9 Å². The molecule has 0 aliphatic carbocycles. The van der Waals surface area contributed by atoms with Gasteiger partial charge in [-0.1, -0.05) is 0 Å². The summed E-state index contributed by atoms with van der Waals surface area (Å²) >= 11 is 0. The van der Waals surface area contributed by atoms with Gasteiger partial charge in [0.25, 0.3) is 0 Å². The van der Waals surface area contributed by atoms with E-state index >= 15 is 0 Å². The number of benzene rings is 1. The van der Waals surface area contributed by atoms with Crippen LogP contribution >= 0.6 is 0 Å². The van der Waals surface area contributed by atoms with E-state index in [0.29, 0.717) is 5.06 Å². The molecule has 1 aromatic rings. The van der Waals surface area contributed by atoms with Gasteiger partial charge in [0.2, 0.25) is 0 Å². The van der Waals surface area contributed by atoms with Gasteiger partial charge in [0.1, 0.15) is 5.60 Å². The average Bonchev–Trinajstić information content (AvgIpc) is 3.15. The van der Waals surface area contributed by atoms with Crippen molar-refractivity contribution in [2.24, 2.45) is 0 Å². The molecule has 0 amide bonds. The highest BCUT2D eigenvalue weighted by molar-refractivity contribution is 5.92. The lowest BCUT2D eigenvalue weighted by molar-refractivity contribution is -0.267. The summed E-state index contributed by atoms with van der Waals surface area (Å²) in [6.07, 6.45) is -12.8. The largest absolute Gasteiger partial charge is 0.453 e. The Kier molecular flexibility index (Phi) is 6.23. The van der Waals surface area contributed by atoms with Crippen LogP contribution in [0.4, 0.5) is 26.3 Å². The van der Waals surface area contributed by atoms with Crippen LogP contribution in [-0.4, -0.2) is 85.6 Å². The van der Waals surface area contributed by atoms with E-state index in [-0.39, 0.29) is 18.2 Å². The Morgan fingerprint density at radius 3 is 2.35 bits per heavy atom. The SMILES string of the molecule is CC1NC2C(CO)NC(=N)N3[C@@H](C)[C@H](OC(=O)c4cc(C(F)(F)F)ccc4C(F)(F)F)[C@](C)(O)C23N1O. The van der Waals surface area contributed by atoms with Crippen LogP contribution in [0.1, 0.15) is 42.3 Å². The van der Waals surface area contributed by atoms with E-state index < -0.39 is 89.2 Å². The van der Waals surface area contributed by atoms with Crippen LogP contribution in [0.2, 0.25) is 0 Å². The van der Waals surface area contributed by atoms with Crippen molar-refractivity contribution >= 4 is 11.9 Å². The molecular formula is C21H25F6N5O5. The lowest BCUT2D eigenvalue weighted by atomic mass is 9.78. The smallest absolute Gasteiger partial charge is 0.417 e. The number of ether oxygens (including phenoxy) is 1. The predicted molar refractivity (Wildman–Crippen MR) is 112 cm³/mol. The minimum Gasteiger partial charge on any atom is -0.453 e. The molecular weight excluding hydrogens is 516 g/mol. The molecule has 206 valence electrons. The zero-order valence-electron chi connectivity index (χ0n) is 19.6. The molecule has 3 fully saturated rings. The molecule has 0 bridgehead atoms. The quantitative estimate of drug-likeness (QED) is 0.247. The highest BCUT2D eigenvalue weighted by Gasteiger charge is 2.78. The van der Waals surface area contributed by atoms with Crippen LogP contribution in [0.3, 0.4) is 0 Å². The zero-order valence-corrected chi connectivity index (χ0v) is 19.6. The van der Waals surface area contributed by atoms with Crippen LogP contribution in [0.5, 0.6) is 0 Å². The highest BCUT2D eigenvalue weighted by Crippen LogP contribution is 2.52. The topological polar surface area (TPSA) is 141 Å². The Morgan fingerprint density at radius 2 is 1.81 bits per heavy atom. The Labute approximate surface area is 206 Å². The Bertz CT molecular complexity index is 1110. The van der Waals surface area contributed by atoms with Crippen LogP contribution in [0, 0.1) is 5.41 Å². The Balaban J connectivity index is 1.80. The highest BCUT2D eigenvalue weighted by atomic mass is 19.4. The van der Waals surface area contributed by atoms with E-state index in [9.17, 15) is 46.6 Å². The van der Waals surface area contributed by atoms with Gasteiger partial charge in [-0.25, -0.2) is 4.79 Å². The Morgan fingerprint density at radius 1 is 1.19 bits per heavy atom. The summed E-state index contributed by atoms with van der Waals surface area (Å²) < 4.78 is 85.6. The minimum absolute atomic E-state index is 0.0247. The molecule has 4 unspecified atom stereocenters. The van der Waals surface area contributed by atoms with Gasteiger partial charge in [0.15, 0.2) is 17.7 Å². The van der Waals surface area contributed by atoms with Crippen LogP contribution in [-0.2, 0) is 17.1 Å². The summed E-state index contributed by atoms with van der Waals surface area (Å²) in [5, 5.41) is 47.4. The van der Waals surface area contributed by atoms with E-state index in [0.717, 1.165) is 11.8 Å². The van der Waals surface area contributed by atoms with Gasteiger partial charge in [-0.3, -0.25) is 10.7 Å². The Hall–Kier alpha value is -2.66. The molecule has 3 saturated heterocycles. The maximum absolute atomic E-state index is 13.6. The first-order chi connectivity index (χ1) is 16.9. The van der Waals surface area contributed by atoms with Gasteiger partial charge < -0.3 is 30.4 Å². The fourth-order valence-electron chi connectivity index (χ4n) is 5.84. The molecule has 1 aromatic carbocycles. The van der Waals surface area contributed by atoms with Crippen molar-refractivity contribution < 1.29 is 51.3 Å². The molecule has 3 aliphatic rings. The van der Waals surface area contributed by atoms with E-state index in [1.54, 1.807) is 0 Å². The van der Waals surface area contributed by atoms with Crippen molar-refractivity contribution in [3.63, 3.8) is 0 Å². The summed E-state index contributed by atoms with van der Waals surface area (Å²) in [7, 11) is 0. The van der Waals surface area contributed by atoms with Crippen LogP contribution in [0.25, 0.3) is 0 Å². The third-order valence-electron chi connectivity index (χ3n) is 7.35. The number of nitrogens with zero attached hydrogens (tertiary/aromatic N) is 2. The third kappa shape index (κ3) is 3.76. The summed E-state index contributed by atoms with van der Waals surface area (Å²) in [5.74, 6) is -2.18. The molecule has 0 aromatic heterocycles. The van der Waals surface area contributed by atoms with Gasteiger partial charge in [-0.2, -0.15) is 26.3 Å². The lowest BCUT2D eigenvalue weighted by Crippen LogP contribution is -2.80.